The van der Waals surface area contributed by atoms with Crippen molar-refractivity contribution in [3.63, 3.8) is 0 Å². The standard InChI is InChI=1S/C23H17FN4O2S2/c1-13-19(15-8-10-16(24)11-9-15)20-21(32-13)25-23(31-12-18-27-26-14(2)30-18)28(22(20)29)17-6-4-3-5-7-17/h3-11H,12H2,1-2H3. The lowest BCUT2D eigenvalue weighted by Gasteiger charge is -2.12. The monoisotopic (exact) mass is 464 g/mol. The van der Waals surface area contributed by atoms with Gasteiger partial charge in [0.25, 0.3) is 5.56 Å². The third kappa shape index (κ3) is 3.74. The van der Waals surface area contributed by atoms with Crippen molar-refractivity contribution in [1.82, 2.24) is 19.7 Å². The molecule has 0 saturated carbocycles. The van der Waals surface area contributed by atoms with E-state index in [2.05, 4.69) is 10.2 Å². The summed E-state index contributed by atoms with van der Waals surface area (Å²) in [6.07, 6.45) is 0. The molecule has 0 spiro atoms. The molecule has 3 aromatic heterocycles. The van der Waals surface area contributed by atoms with E-state index in [1.54, 1.807) is 23.6 Å². The Labute approximate surface area is 190 Å². The van der Waals surface area contributed by atoms with Crippen LogP contribution >= 0.6 is 23.1 Å². The lowest BCUT2D eigenvalue weighted by atomic mass is 10.0. The predicted octanol–water partition coefficient (Wildman–Crippen LogP) is 5.55. The van der Waals surface area contributed by atoms with Crippen molar-refractivity contribution in [3.8, 4) is 16.8 Å². The molecule has 0 fully saturated rings. The Hall–Kier alpha value is -3.30. The third-order valence-electron chi connectivity index (χ3n) is 4.91. The second-order valence-electron chi connectivity index (χ2n) is 7.09. The number of hydrogen-bond donors (Lipinski definition) is 0. The number of aryl methyl sites for hydroxylation is 2. The maximum atomic E-state index is 13.8. The highest BCUT2D eigenvalue weighted by Crippen LogP contribution is 2.37. The zero-order valence-electron chi connectivity index (χ0n) is 17.2. The Balaban J connectivity index is 1.71. The lowest BCUT2D eigenvalue weighted by Crippen LogP contribution is -2.21. The van der Waals surface area contributed by atoms with Gasteiger partial charge in [-0.15, -0.1) is 21.5 Å². The summed E-state index contributed by atoms with van der Waals surface area (Å²) in [6.45, 7) is 3.68. The van der Waals surface area contributed by atoms with Gasteiger partial charge in [0.15, 0.2) is 5.16 Å². The van der Waals surface area contributed by atoms with Crippen molar-refractivity contribution in [2.45, 2.75) is 24.8 Å². The molecule has 0 bridgehead atoms. The Kier molecular flexibility index (Phi) is 5.36. The number of halogens is 1. The summed E-state index contributed by atoms with van der Waals surface area (Å²) in [5, 5.41) is 8.96. The van der Waals surface area contributed by atoms with Crippen molar-refractivity contribution in [2.75, 3.05) is 0 Å². The zero-order chi connectivity index (χ0) is 22.2. The molecule has 0 unspecified atom stereocenters. The lowest BCUT2D eigenvalue weighted by molar-refractivity contribution is 0.485. The number of fused-ring (bicyclic) bond motifs is 1. The molecule has 0 aliphatic carbocycles. The average Bonchev–Trinajstić information content (AvgIpc) is 3.36. The van der Waals surface area contributed by atoms with Crippen LogP contribution in [0.1, 0.15) is 16.7 Å². The topological polar surface area (TPSA) is 73.8 Å². The third-order valence-corrected chi connectivity index (χ3v) is 6.83. The summed E-state index contributed by atoms with van der Waals surface area (Å²) in [6, 6.07) is 15.6. The first kappa shape index (κ1) is 20.6. The van der Waals surface area contributed by atoms with Gasteiger partial charge in [-0.2, -0.15) is 0 Å². The van der Waals surface area contributed by atoms with Crippen molar-refractivity contribution in [1.29, 1.82) is 0 Å². The molecule has 5 rings (SSSR count). The molecule has 0 radical (unpaired) electrons. The van der Waals surface area contributed by atoms with E-state index in [1.807, 2.05) is 37.3 Å². The molecular weight excluding hydrogens is 447 g/mol. The molecule has 0 atom stereocenters. The molecule has 9 heteroatoms. The second-order valence-corrected chi connectivity index (χ2v) is 9.24. The van der Waals surface area contributed by atoms with Gasteiger partial charge in [0.05, 0.1) is 16.8 Å². The van der Waals surface area contributed by atoms with Crippen LogP contribution in [0.4, 0.5) is 4.39 Å². The van der Waals surface area contributed by atoms with Crippen LogP contribution in [-0.4, -0.2) is 19.7 Å². The molecule has 3 heterocycles. The molecule has 5 aromatic rings. The van der Waals surface area contributed by atoms with E-state index in [9.17, 15) is 9.18 Å². The average molecular weight is 465 g/mol. The van der Waals surface area contributed by atoms with Crippen molar-refractivity contribution < 1.29 is 8.81 Å². The first-order valence-electron chi connectivity index (χ1n) is 9.80. The van der Waals surface area contributed by atoms with Gasteiger partial charge < -0.3 is 4.42 Å². The highest BCUT2D eigenvalue weighted by molar-refractivity contribution is 7.98. The maximum Gasteiger partial charge on any atom is 0.268 e. The van der Waals surface area contributed by atoms with Crippen LogP contribution in [0.15, 0.2) is 69.0 Å². The molecule has 0 amide bonds. The normalized spacial score (nSPS) is 11.3. The predicted molar refractivity (Wildman–Crippen MR) is 124 cm³/mol. The van der Waals surface area contributed by atoms with E-state index in [4.69, 9.17) is 9.40 Å². The number of hydrogen-bond acceptors (Lipinski definition) is 7. The fraction of sp³-hybridized carbons (Fsp3) is 0.130. The minimum absolute atomic E-state index is 0.172. The van der Waals surface area contributed by atoms with Crippen LogP contribution in [0, 0.1) is 19.7 Å². The van der Waals surface area contributed by atoms with E-state index in [1.165, 1.54) is 35.2 Å². The van der Waals surface area contributed by atoms with Crippen molar-refractivity contribution in [2.24, 2.45) is 0 Å². The SMILES string of the molecule is Cc1nnc(CSc2nc3sc(C)c(-c4ccc(F)cc4)c3c(=O)n2-c2ccccc2)o1. The van der Waals surface area contributed by atoms with E-state index >= 15 is 0 Å². The number of para-hydroxylation sites is 1. The first-order chi connectivity index (χ1) is 15.5. The highest BCUT2D eigenvalue weighted by Gasteiger charge is 2.21. The largest absolute Gasteiger partial charge is 0.425 e. The van der Waals surface area contributed by atoms with Crippen LogP contribution in [-0.2, 0) is 5.75 Å². The Bertz CT molecular complexity index is 1470. The minimum Gasteiger partial charge on any atom is -0.425 e. The zero-order valence-corrected chi connectivity index (χ0v) is 18.8. The van der Waals surface area contributed by atoms with Crippen LogP contribution in [0.2, 0.25) is 0 Å². The number of aromatic nitrogens is 4. The number of benzene rings is 2. The van der Waals surface area contributed by atoms with Gasteiger partial charge >= 0.3 is 0 Å². The number of rotatable bonds is 5. The highest BCUT2D eigenvalue weighted by atomic mass is 32.2. The summed E-state index contributed by atoms with van der Waals surface area (Å²) < 4.78 is 20.6. The fourth-order valence-corrected chi connectivity index (χ4v) is 5.47. The molecule has 6 nitrogen and oxygen atoms in total. The Morgan fingerprint density at radius 3 is 2.50 bits per heavy atom. The van der Waals surface area contributed by atoms with Gasteiger partial charge in [0, 0.05) is 17.4 Å². The Morgan fingerprint density at radius 1 is 1.06 bits per heavy atom. The van der Waals surface area contributed by atoms with Crippen LogP contribution in [0.3, 0.4) is 0 Å². The van der Waals surface area contributed by atoms with Gasteiger partial charge in [-0.3, -0.25) is 9.36 Å². The Morgan fingerprint density at radius 2 is 1.81 bits per heavy atom. The van der Waals surface area contributed by atoms with Gasteiger partial charge in [-0.1, -0.05) is 42.1 Å². The number of thiophene rings is 1. The van der Waals surface area contributed by atoms with Gasteiger partial charge in [-0.25, -0.2) is 9.37 Å². The summed E-state index contributed by atoms with van der Waals surface area (Å²) in [5.41, 5.74) is 2.12. The van der Waals surface area contributed by atoms with Gasteiger partial charge in [-0.05, 0) is 36.8 Å². The van der Waals surface area contributed by atoms with E-state index < -0.39 is 0 Å². The molecule has 0 aliphatic heterocycles. The summed E-state index contributed by atoms with van der Waals surface area (Å²) in [4.78, 5) is 20.3. The molecule has 0 N–H and O–H groups in total. The molecular formula is C23H17FN4O2S2. The molecule has 32 heavy (non-hydrogen) atoms. The number of nitrogens with zero attached hydrogens (tertiary/aromatic N) is 4. The maximum absolute atomic E-state index is 13.8. The van der Waals surface area contributed by atoms with Crippen molar-refractivity contribution >= 4 is 33.3 Å². The summed E-state index contributed by atoms with van der Waals surface area (Å²) in [5.74, 6) is 1.03. The molecule has 160 valence electrons. The van der Waals surface area contributed by atoms with E-state index in [0.29, 0.717) is 38.6 Å². The summed E-state index contributed by atoms with van der Waals surface area (Å²) in [7, 11) is 0. The van der Waals surface area contributed by atoms with E-state index in [-0.39, 0.29) is 11.4 Å². The smallest absolute Gasteiger partial charge is 0.268 e. The van der Waals surface area contributed by atoms with Gasteiger partial charge in [0.1, 0.15) is 10.6 Å². The van der Waals surface area contributed by atoms with Crippen LogP contribution in [0.25, 0.3) is 27.0 Å². The second kappa shape index (κ2) is 8.33. The van der Waals surface area contributed by atoms with Gasteiger partial charge in [0.2, 0.25) is 11.8 Å². The summed E-state index contributed by atoms with van der Waals surface area (Å²) >= 11 is 2.82. The first-order valence-corrected chi connectivity index (χ1v) is 11.6. The van der Waals surface area contributed by atoms with Crippen LogP contribution < -0.4 is 5.56 Å². The number of thioether (sulfide) groups is 1. The van der Waals surface area contributed by atoms with E-state index in [0.717, 1.165) is 16.0 Å². The quantitative estimate of drug-likeness (QED) is 0.251. The fourth-order valence-electron chi connectivity index (χ4n) is 3.53. The minimum atomic E-state index is -0.319. The molecule has 0 aliphatic rings. The molecule has 0 saturated heterocycles. The van der Waals surface area contributed by atoms with Crippen molar-refractivity contribution in [3.05, 3.63) is 87.4 Å². The molecule has 2 aromatic carbocycles. The van der Waals surface area contributed by atoms with Crippen LogP contribution in [0.5, 0.6) is 0 Å².